The van der Waals surface area contributed by atoms with Gasteiger partial charge in [-0.15, -0.1) is 0 Å². The molecule has 2 aliphatic heterocycles. The van der Waals surface area contributed by atoms with Gasteiger partial charge in [-0.05, 0) is 154 Å². The van der Waals surface area contributed by atoms with Crippen LogP contribution in [0.1, 0.15) is 146 Å². The molecule has 0 bridgehead atoms. The first kappa shape index (κ1) is 48.0. The summed E-state index contributed by atoms with van der Waals surface area (Å²) in [7, 11) is 0. The summed E-state index contributed by atoms with van der Waals surface area (Å²) in [5.41, 5.74) is 19.5. The maximum Gasteiger partial charge on any atom is 0.252 e. The van der Waals surface area contributed by atoms with Crippen LogP contribution in [0.25, 0.3) is 66.8 Å². The van der Waals surface area contributed by atoms with E-state index in [1.807, 2.05) is 42.5 Å². The van der Waals surface area contributed by atoms with Crippen molar-refractivity contribution in [3.63, 3.8) is 0 Å². The van der Waals surface area contributed by atoms with Crippen LogP contribution >= 0.6 is 0 Å². The quantitative estimate of drug-likeness (QED) is 0.141. The van der Waals surface area contributed by atoms with Gasteiger partial charge in [0.15, 0.2) is 0 Å². The van der Waals surface area contributed by atoms with Crippen molar-refractivity contribution < 1.29 is 13.7 Å². The Bertz CT molecular complexity index is 4960. The minimum Gasteiger partial charge on any atom is -0.310 e. The Balaban J connectivity index is 1.29. The number of pyridine rings is 1. The number of hydrogen-bond donors (Lipinski definition) is 0. The molecule has 0 N–H and O–H groups in total. The first-order chi connectivity index (χ1) is 46.4. The van der Waals surface area contributed by atoms with Crippen LogP contribution in [0, 0.1) is 0 Å². The zero-order chi connectivity index (χ0) is 71.2. The van der Waals surface area contributed by atoms with E-state index in [0.29, 0.717) is 11.1 Å². The van der Waals surface area contributed by atoms with Crippen molar-refractivity contribution in [1.82, 2.24) is 4.98 Å². The zero-order valence-corrected chi connectivity index (χ0v) is 54.2. The van der Waals surface area contributed by atoms with Crippen molar-refractivity contribution in [3.8, 4) is 66.8 Å². The van der Waals surface area contributed by atoms with Gasteiger partial charge in [-0.2, -0.15) is 0 Å². The Morgan fingerprint density at radius 3 is 0.955 bits per heavy atom. The molecule has 2 aliphatic rings. The Hall–Kier alpha value is -8.99. The number of benzene rings is 10. The van der Waals surface area contributed by atoms with E-state index < -0.39 is 48.4 Å². The fourth-order valence-corrected chi connectivity index (χ4v) is 12.8. The van der Waals surface area contributed by atoms with Crippen molar-refractivity contribution in [2.24, 2.45) is 0 Å². The zero-order valence-electron chi connectivity index (χ0n) is 64.2. The average molecular weight is 1170 g/mol. The molecule has 0 spiro atoms. The van der Waals surface area contributed by atoms with E-state index in [0.717, 1.165) is 123 Å². The van der Waals surface area contributed by atoms with Gasteiger partial charge in [-0.25, -0.2) is 0 Å². The third-order valence-electron chi connectivity index (χ3n) is 17.8. The summed E-state index contributed by atoms with van der Waals surface area (Å²) in [6.45, 7) is 32.8. The highest BCUT2D eigenvalue weighted by molar-refractivity contribution is 7.00. The number of fused-ring (bicyclic) bond motifs is 4. The Morgan fingerprint density at radius 2 is 0.629 bits per heavy atom. The van der Waals surface area contributed by atoms with E-state index in [4.69, 9.17) is 13.2 Å². The highest BCUT2D eigenvalue weighted by atomic mass is 15.2. The van der Waals surface area contributed by atoms with Crippen LogP contribution < -0.4 is 26.2 Å². The monoisotopic (exact) mass is 1170 g/mol. The molecule has 0 aliphatic carbocycles. The van der Waals surface area contributed by atoms with Crippen LogP contribution in [-0.2, 0) is 27.1 Å². The van der Waals surface area contributed by atoms with E-state index in [9.17, 15) is 5.48 Å². The number of rotatable bonds is 8. The summed E-state index contributed by atoms with van der Waals surface area (Å²) in [5, 5.41) is 0. The van der Waals surface area contributed by atoms with Gasteiger partial charge in [0, 0.05) is 67.2 Å². The third-order valence-corrected chi connectivity index (χ3v) is 17.8. The van der Waals surface area contributed by atoms with Crippen molar-refractivity contribution in [3.05, 3.63) is 264 Å². The van der Waals surface area contributed by atoms with Crippen LogP contribution in [0.3, 0.4) is 0 Å². The van der Waals surface area contributed by atoms with Gasteiger partial charge in [-0.1, -0.05) is 280 Å². The first-order valence-electron chi connectivity index (χ1n) is 36.2. The van der Waals surface area contributed by atoms with E-state index in [1.165, 1.54) is 0 Å². The molecule has 0 radical (unpaired) electrons. The number of nitrogens with zero attached hydrogens (tertiary/aromatic N) is 3. The molecule has 0 saturated carbocycles. The van der Waals surface area contributed by atoms with Crippen LogP contribution in [0.5, 0.6) is 0 Å². The summed E-state index contributed by atoms with van der Waals surface area (Å²) in [4.78, 5) is 10.3. The van der Waals surface area contributed by atoms with Crippen LogP contribution in [0.4, 0.5) is 34.1 Å². The van der Waals surface area contributed by atoms with Gasteiger partial charge in [0.1, 0.15) is 0 Å². The maximum atomic E-state index is 9.58. The lowest BCUT2D eigenvalue weighted by Crippen LogP contribution is -2.61. The number of aromatic nitrogens is 1. The van der Waals surface area contributed by atoms with E-state index in [-0.39, 0.29) is 57.0 Å². The van der Waals surface area contributed by atoms with Gasteiger partial charge in [0.2, 0.25) is 0 Å². The van der Waals surface area contributed by atoms with E-state index in [1.54, 1.807) is 0 Å². The Labute approximate surface area is 545 Å². The Kier molecular flexibility index (Phi) is 11.8. The molecule has 1 aromatic heterocycles. The van der Waals surface area contributed by atoms with E-state index in [2.05, 4.69) is 247 Å². The molecule has 13 rings (SSSR count). The van der Waals surface area contributed by atoms with Gasteiger partial charge >= 0.3 is 0 Å². The fraction of sp³-hybridized carbons (Fsp3) is 0.235. The summed E-state index contributed by atoms with van der Waals surface area (Å²) >= 11 is 0. The van der Waals surface area contributed by atoms with Gasteiger partial charge < -0.3 is 9.80 Å². The fourth-order valence-electron chi connectivity index (χ4n) is 12.8. The summed E-state index contributed by atoms with van der Waals surface area (Å²) in [5.74, 6) is 0. The third kappa shape index (κ3) is 10.9. The summed E-state index contributed by atoms with van der Waals surface area (Å²) < 4.78 is 91.9. The normalized spacial score (nSPS) is 14.8. The topological polar surface area (TPSA) is 19.4 Å². The second kappa shape index (κ2) is 22.0. The van der Waals surface area contributed by atoms with Crippen molar-refractivity contribution in [1.29, 1.82) is 0 Å². The largest absolute Gasteiger partial charge is 0.310 e. The summed E-state index contributed by atoms with van der Waals surface area (Å²) in [6, 6.07) is 58.1. The molecule has 0 fully saturated rings. The van der Waals surface area contributed by atoms with Crippen LogP contribution in [0.2, 0.25) is 0 Å². The molecule has 11 aromatic rings. The van der Waals surface area contributed by atoms with Gasteiger partial charge in [-0.3, -0.25) is 4.98 Å². The molecule has 3 heterocycles. The minimum atomic E-state index is -0.586. The lowest BCUT2D eigenvalue weighted by Gasteiger charge is -2.47. The van der Waals surface area contributed by atoms with E-state index >= 15 is 0 Å². The predicted octanol–water partition coefficient (Wildman–Crippen LogP) is 21.7. The highest BCUT2D eigenvalue weighted by Crippen LogP contribution is 2.56. The highest BCUT2D eigenvalue weighted by Gasteiger charge is 2.46. The Morgan fingerprint density at radius 1 is 0.303 bits per heavy atom. The average Bonchev–Trinajstić information content (AvgIpc) is 0.685. The lowest BCUT2D eigenvalue weighted by atomic mass is 9.33. The standard InChI is InChI=1S/C85H84BN3/c1-81(2,3)63-49-66(57-35-25-18-26-36-57)79(67(50-63)58-37-27-19-28-38-58)88-72-45-60(55-31-21-16-22-32-55)41-43-70(72)86-71-44-42-61(56-33-23-17-24-34-56)46-73(71)89(75-54-65(83(7,8)9)53-74(88)78(75)86)80-68(59-39-29-20-30-40-59)51-64(82(4,5)6)52-69(80)62-47-76(84(10,11)12)87-77(48-62)85(13,14)15/h16-54H,1-15H3/i16D,17D,21D,22D,23D,24D,31D,32D,33D,34D. The van der Waals surface area contributed by atoms with Crippen molar-refractivity contribution in [2.45, 2.75) is 131 Å². The molecule has 0 amide bonds. The predicted molar refractivity (Wildman–Crippen MR) is 384 cm³/mol. The smallest absolute Gasteiger partial charge is 0.252 e. The maximum absolute atomic E-state index is 9.58. The number of anilines is 6. The molecule has 3 nitrogen and oxygen atoms in total. The second-order valence-corrected chi connectivity index (χ2v) is 29.4. The van der Waals surface area contributed by atoms with Gasteiger partial charge in [0.05, 0.1) is 25.1 Å². The second-order valence-electron chi connectivity index (χ2n) is 29.4. The minimum absolute atomic E-state index is 0.0723. The molecular formula is C85H84BN3. The first-order valence-corrected chi connectivity index (χ1v) is 31.2. The molecule has 10 aromatic carbocycles. The molecule has 0 atom stereocenters. The lowest BCUT2D eigenvalue weighted by molar-refractivity contribution is 0.531. The van der Waals surface area contributed by atoms with Crippen molar-refractivity contribution in [2.75, 3.05) is 9.80 Å². The van der Waals surface area contributed by atoms with Crippen LogP contribution in [0.15, 0.2) is 236 Å². The number of hydrogen-bond acceptors (Lipinski definition) is 3. The molecular weight excluding hydrogens is 1070 g/mol. The molecule has 442 valence electrons. The molecule has 0 saturated heterocycles. The van der Waals surface area contributed by atoms with Crippen LogP contribution in [-0.4, -0.2) is 11.7 Å². The van der Waals surface area contributed by atoms with Crippen molar-refractivity contribution >= 4 is 57.2 Å². The summed E-state index contributed by atoms with van der Waals surface area (Å²) in [6.07, 6.45) is 0. The molecule has 4 heteroatoms. The van der Waals surface area contributed by atoms with Gasteiger partial charge in [0.25, 0.3) is 6.71 Å². The molecule has 0 unspecified atom stereocenters. The molecule has 89 heavy (non-hydrogen) atoms. The SMILES string of the molecule is [2H]c1c([2H])c([2H])c(-c2ccc3c(c2)N(c2c(-c4ccccc4)cc(C(C)(C)C)cc2-c2ccccc2)c2cc(C(C)(C)C)cc4c2B3c2ccc(-c3c([2H])c([2H])c([2H])c([2H])c3[2H])cc2N4c2c(-c3ccccc3)cc(C(C)(C)C)cc2-c2cc(C(C)(C)C)nc(C(C)(C)C)c2)c([2H])c1[2H].